The van der Waals surface area contributed by atoms with Crippen LogP contribution >= 0.6 is 11.3 Å². The van der Waals surface area contributed by atoms with Gasteiger partial charge in [-0.15, -0.1) is 0 Å². The van der Waals surface area contributed by atoms with Gasteiger partial charge in [-0.3, -0.25) is 14.6 Å². The number of ether oxygens (including phenoxy) is 2. The Morgan fingerprint density at radius 1 is 1.12 bits per heavy atom. The molecule has 2 aliphatic heterocycles. The van der Waals surface area contributed by atoms with Crippen molar-refractivity contribution in [3.63, 3.8) is 0 Å². The molecule has 12 nitrogen and oxygen atoms in total. The minimum atomic E-state index is -0.754. The number of carboxylic acid groups (broad SMARTS) is 1. The largest absolute Gasteiger partial charge is 0.481 e. The molecule has 0 atom stereocenters. The number of methoxy groups -OCH3 is 1. The van der Waals surface area contributed by atoms with Gasteiger partial charge in [0.15, 0.2) is 5.13 Å². The van der Waals surface area contributed by atoms with E-state index >= 15 is 0 Å². The fourth-order valence-corrected chi connectivity index (χ4v) is 6.13. The molecule has 0 spiro atoms. The van der Waals surface area contributed by atoms with E-state index in [1.807, 2.05) is 24.9 Å². The van der Waals surface area contributed by atoms with Crippen molar-refractivity contribution in [2.24, 2.45) is 5.41 Å². The second-order valence-electron chi connectivity index (χ2n) is 10.9. The van der Waals surface area contributed by atoms with E-state index in [4.69, 9.17) is 14.5 Å². The number of thiazole rings is 1. The molecule has 2 aromatic heterocycles. The van der Waals surface area contributed by atoms with E-state index < -0.39 is 11.4 Å². The molecule has 41 heavy (non-hydrogen) atoms. The van der Waals surface area contributed by atoms with Crippen LogP contribution in [0.25, 0.3) is 21.3 Å². The van der Waals surface area contributed by atoms with Gasteiger partial charge in [0.05, 0.1) is 48.8 Å². The molecule has 4 heterocycles. The van der Waals surface area contributed by atoms with Gasteiger partial charge < -0.3 is 24.4 Å². The highest BCUT2D eigenvalue weighted by molar-refractivity contribution is 7.22. The molecule has 2 aliphatic rings. The lowest BCUT2D eigenvalue weighted by molar-refractivity contribution is -0.149. The van der Waals surface area contributed by atoms with Crippen molar-refractivity contribution < 1.29 is 24.2 Å². The fourth-order valence-electron chi connectivity index (χ4n) is 5.10. The first-order chi connectivity index (χ1) is 19.7. The average molecular weight is 584 g/mol. The lowest BCUT2D eigenvalue weighted by Crippen LogP contribution is -2.56. The summed E-state index contributed by atoms with van der Waals surface area (Å²) < 4.78 is 12.0. The van der Waals surface area contributed by atoms with Crippen molar-refractivity contribution >= 4 is 44.6 Å². The predicted octanol–water partition coefficient (Wildman–Crippen LogP) is 3.72. The maximum Gasteiger partial charge on any atom is 0.328 e. The first kappa shape index (κ1) is 29.1. The quantitative estimate of drug-likeness (QED) is 0.353. The Balaban J connectivity index is 1.42. The zero-order chi connectivity index (χ0) is 29.1. The van der Waals surface area contributed by atoms with E-state index in [9.17, 15) is 14.7 Å². The number of urea groups is 1. The Morgan fingerprint density at radius 3 is 2.51 bits per heavy atom. The maximum atomic E-state index is 13.1. The molecule has 3 aromatic rings. The highest BCUT2D eigenvalue weighted by atomic mass is 32.1. The summed E-state index contributed by atoms with van der Waals surface area (Å²) in [5, 5.41) is 10.2. The molecule has 1 N–H and O–H groups in total. The molecule has 220 valence electrons. The third-order valence-corrected chi connectivity index (χ3v) is 8.96. The first-order valence-electron chi connectivity index (χ1n) is 13.8. The molecule has 0 saturated carbocycles. The van der Waals surface area contributed by atoms with Crippen LogP contribution in [0, 0.1) is 5.41 Å². The summed E-state index contributed by atoms with van der Waals surface area (Å²) in [6.07, 6.45) is 4.68. The number of benzene rings is 1. The van der Waals surface area contributed by atoms with Gasteiger partial charge in [0.2, 0.25) is 5.95 Å². The number of hydrogen-bond donors (Lipinski definition) is 1. The van der Waals surface area contributed by atoms with Crippen LogP contribution in [-0.4, -0.2) is 102 Å². The third kappa shape index (κ3) is 6.13. The van der Waals surface area contributed by atoms with Gasteiger partial charge in [-0.1, -0.05) is 11.3 Å². The van der Waals surface area contributed by atoms with E-state index in [2.05, 4.69) is 20.9 Å². The van der Waals surface area contributed by atoms with Gasteiger partial charge >= 0.3 is 12.0 Å². The standard InChI is InChI=1S/C28H37N7O5S/c1-5-33-17-32(3)18-35(27(33)38)26-31-22-13-19(12-20(23(22)41-26)16-40-11-10-39-4)21-14-29-25(30-15-21)34-8-6-28(2,7-9-34)24(36)37/h12-15H,5-11,16-18H2,1-4H3,(H,36,37). The molecule has 2 fully saturated rings. The number of aliphatic carboxylic acids is 1. The van der Waals surface area contributed by atoms with E-state index in [1.165, 1.54) is 11.3 Å². The molecule has 13 heteroatoms. The number of carboxylic acids is 1. The molecule has 1 aromatic carbocycles. The Hall–Kier alpha value is -3.39. The number of anilines is 2. The first-order valence-corrected chi connectivity index (χ1v) is 14.6. The highest BCUT2D eigenvalue weighted by Crippen LogP contribution is 2.37. The van der Waals surface area contributed by atoms with Crippen LogP contribution in [0.15, 0.2) is 24.5 Å². The van der Waals surface area contributed by atoms with Gasteiger partial charge in [-0.2, -0.15) is 0 Å². The summed E-state index contributed by atoms with van der Waals surface area (Å²) in [4.78, 5) is 46.5. The van der Waals surface area contributed by atoms with E-state index in [0.29, 0.717) is 76.7 Å². The van der Waals surface area contributed by atoms with Crippen molar-refractivity contribution in [1.82, 2.24) is 24.8 Å². The Morgan fingerprint density at radius 2 is 1.85 bits per heavy atom. The second kappa shape index (κ2) is 12.2. The normalized spacial score (nSPS) is 18.0. The van der Waals surface area contributed by atoms with Gasteiger partial charge in [-0.05, 0) is 57.0 Å². The van der Waals surface area contributed by atoms with Crippen molar-refractivity contribution in [2.45, 2.75) is 33.3 Å². The van der Waals surface area contributed by atoms with E-state index in [0.717, 1.165) is 26.9 Å². The summed E-state index contributed by atoms with van der Waals surface area (Å²) in [5.41, 5.74) is 2.78. The molecule has 2 amide bonds. The number of aromatic nitrogens is 3. The monoisotopic (exact) mass is 583 g/mol. The van der Waals surface area contributed by atoms with Crippen LogP contribution in [0.5, 0.6) is 0 Å². The minimum absolute atomic E-state index is 0.0480. The lowest BCUT2D eigenvalue weighted by atomic mass is 9.80. The zero-order valence-electron chi connectivity index (χ0n) is 24.0. The molecule has 0 bridgehead atoms. The Labute approximate surface area is 243 Å². The lowest BCUT2D eigenvalue weighted by Gasteiger charge is -2.38. The van der Waals surface area contributed by atoms with Gasteiger partial charge in [-0.25, -0.2) is 19.7 Å². The van der Waals surface area contributed by atoms with Crippen LogP contribution in [0.3, 0.4) is 0 Å². The molecular weight excluding hydrogens is 546 g/mol. The zero-order valence-corrected chi connectivity index (χ0v) is 24.8. The Kier molecular flexibility index (Phi) is 8.68. The average Bonchev–Trinajstić information content (AvgIpc) is 3.41. The summed E-state index contributed by atoms with van der Waals surface area (Å²) in [6.45, 7) is 7.98. The number of piperidine rings is 1. The molecule has 0 radical (unpaired) electrons. The second-order valence-corrected chi connectivity index (χ2v) is 11.8. The maximum absolute atomic E-state index is 13.1. The van der Waals surface area contributed by atoms with Crippen molar-refractivity contribution in [3.8, 4) is 11.1 Å². The molecular formula is C28H37N7O5S. The summed E-state index contributed by atoms with van der Waals surface area (Å²) >= 11 is 1.49. The number of nitrogens with zero attached hydrogens (tertiary/aromatic N) is 7. The Bertz CT molecular complexity index is 1390. The number of carbonyl (C=O) groups excluding carboxylic acids is 1. The van der Waals surface area contributed by atoms with Crippen LogP contribution in [0.1, 0.15) is 32.3 Å². The number of carbonyl (C=O) groups is 2. The number of rotatable bonds is 10. The summed E-state index contributed by atoms with van der Waals surface area (Å²) in [5.74, 6) is -0.162. The minimum Gasteiger partial charge on any atom is -0.481 e. The van der Waals surface area contributed by atoms with Crippen LogP contribution in [0.4, 0.5) is 15.9 Å². The fraction of sp³-hybridized carbons (Fsp3) is 0.536. The van der Waals surface area contributed by atoms with Crippen molar-refractivity contribution in [3.05, 3.63) is 30.1 Å². The highest BCUT2D eigenvalue weighted by Gasteiger charge is 2.37. The SMILES string of the molecule is CCN1CN(C)CN(c2nc3cc(-c4cnc(N5CCC(C)(C(=O)O)CC5)nc4)cc(COCCOC)c3s2)C1=O. The van der Waals surface area contributed by atoms with Gasteiger partial charge in [0, 0.05) is 44.7 Å². The van der Waals surface area contributed by atoms with E-state index in [-0.39, 0.29) is 6.03 Å². The molecule has 0 aliphatic carbocycles. The smallest absolute Gasteiger partial charge is 0.328 e. The van der Waals surface area contributed by atoms with Gasteiger partial charge in [0.25, 0.3) is 0 Å². The topological polar surface area (TPSA) is 124 Å². The number of fused-ring (bicyclic) bond motifs is 1. The summed E-state index contributed by atoms with van der Waals surface area (Å²) in [7, 11) is 3.63. The van der Waals surface area contributed by atoms with Crippen molar-refractivity contribution in [2.75, 3.05) is 70.1 Å². The predicted molar refractivity (Wildman–Crippen MR) is 157 cm³/mol. The van der Waals surface area contributed by atoms with Crippen molar-refractivity contribution in [1.29, 1.82) is 0 Å². The molecule has 2 saturated heterocycles. The van der Waals surface area contributed by atoms with E-state index in [1.54, 1.807) is 36.2 Å². The summed E-state index contributed by atoms with van der Waals surface area (Å²) in [6, 6.07) is 4.02. The third-order valence-electron chi connectivity index (χ3n) is 7.79. The van der Waals surface area contributed by atoms with Crippen LogP contribution in [-0.2, 0) is 20.9 Å². The molecule has 5 rings (SSSR count). The number of hydrogen-bond acceptors (Lipinski definition) is 10. The molecule has 0 unspecified atom stereocenters. The van der Waals surface area contributed by atoms with Crippen LogP contribution in [0.2, 0.25) is 0 Å². The van der Waals surface area contributed by atoms with Crippen LogP contribution < -0.4 is 9.80 Å². The number of amides is 2. The van der Waals surface area contributed by atoms with Gasteiger partial charge in [0.1, 0.15) is 0 Å².